The van der Waals surface area contributed by atoms with E-state index in [1.807, 2.05) is 12.1 Å². The Morgan fingerprint density at radius 3 is 2.76 bits per heavy atom. The molecule has 1 amide bonds. The van der Waals surface area contributed by atoms with Crippen molar-refractivity contribution in [3.05, 3.63) is 65.2 Å². The number of aliphatic hydroxyl groups excluding tert-OH is 1. The highest BCUT2D eigenvalue weighted by Crippen LogP contribution is 2.55. The summed E-state index contributed by atoms with van der Waals surface area (Å²) in [4.78, 5) is 15.2. The third kappa shape index (κ3) is 3.86. The minimum Gasteiger partial charge on any atom is -0.493 e. The Morgan fingerprint density at radius 1 is 1.14 bits per heavy atom. The second-order valence-corrected chi connectivity index (χ2v) is 12.2. The van der Waals surface area contributed by atoms with Crippen molar-refractivity contribution in [2.75, 3.05) is 26.7 Å². The van der Waals surface area contributed by atoms with Gasteiger partial charge in [-0.05, 0) is 56.1 Å². The number of unbranched alkanes of at least 4 members (excludes halogenated alkanes) is 2. The molecule has 2 aromatic carbocycles. The number of amides is 1. The number of rotatable bonds is 7. The number of ether oxygens (including phenoxy) is 2. The first kappa shape index (κ1) is 24.5. The zero-order valence-corrected chi connectivity index (χ0v) is 21.7. The van der Waals surface area contributed by atoms with E-state index in [0.717, 1.165) is 54.7 Å². The van der Waals surface area contributed by atoms with Gasteiger partial charge >= 0.3 is 0 Å². The monoisotopic (exact) mass is 524 g/mol. The van der Waals surface area contributed by atoms with Crippen molar-refractivity contribution in [1.82, 2.24) is 9.21 Å². The maximum Gasteiger partial charge on any atom is 0.269 e. The molecule has 0 fully saturated rings. The van der Waals surface area contributed by atoms with Gasteiger partial charge in [-0.2, -0.15) is 0 Å². The van der Waals surface area contributed by atoms with Crippen LogP contribution in [0.1, 0.15) is 53.6 Å². The van der Waals surface area contributed by atoms with E-state index in [1.54, 1.807) is 25.3 Å². The maximum absolute atomic E-state index is 12.8. The third-order valence-electron chi connectivity index (χ3n) is 8.28. The van der Waals surface area contributed by atoms with E-state index in [2.05, 4.69) is 17.0 Å². The molecule has 0 bridgehead atoms. The summed E-state index contributed by atoms with van der Waals surface area (Å²) in [5.74, 6) is 1.12. The van der Waals surface area contributed by atoms with Crippen molar-refractivity contribution < 1.29 is 27.8 Å². The average molecular weight is 525 g/mol. The minimum absolute atomic E-state index is 0.110. The zero-order valence-electron chi connectivity index (χ0n) is 20.9. The second-order valence-electron chi connectivity index (χ2n) is 10.4. The van der Waals surface area contributed by atoms with Crippen LogP contribution in [-0.4, -0.2) is 67.6 Å². The lowest BCUT2D eigenvalue weighted by atomic mass is 9.69. The zero-order chi connectivity index (χ0) is 25.8. The molecular weight excluding hydrogens is 492 g/mol. The van der Waals surface area contributed by atoms with Gasteiger partial charge in [0, 0.05) is 25.1 Å². The molecule has 2 aromatic rings. The van der Waals surface area contributed by atoms with E-state index in [1.165, 1.54) is 17.2 Å². The Balaban J connectivity index is 1.10. The standard InChI is InChI=1S/C28H32N2O6S/c1-35-22-10-9-19-18-29(16-13-28-12-11-20(31)17-24(28)36-26(22)25(19)28)14-5-2-6-15-30-27(32)21-7-3-4-8-23(21)37(30,33)34/h3-4,7-12,20,24,31H,2,5-6,13-18H2,1H3/t20-,24-,28-/m0/s1. The molecule has 37 heavy (non-hydrogen) atoms. The normalized spacial score (nSPS) is 27.3. The van der Waals surface area contributed by atoms with Gasteiger partial charge < -0.3 is 14.6 Å². The van der Waals surface area contributed by atoms with Gasteiger partial charge in [0.1, 0.15) is 11.0 Å². The van der Waals surface area contributed by atoms with Crippen LogP contribution in [0.5, 0.6) is 11.5 Å². The number of benzene rings is 2. The van der Waals surface area contributed by atoms with Gasteiger partial charge in [0.25, 0.3) is 15.9 Å². The lowest BCUT2D eigenvalue weighted by Crippen LogP contribution is -2.43. The van der Waals surface area contributed by atoms with Crippen LogP contribution in [0.3, 0.4) is 0 Å². The number of fused-ring (bicyclic) bond motifs is 1. The number of hydrogen-bond donors (Lipinski definition) is 1. The molecule has 3 heterocycles. The van der Waals surface area contributed by atoms with Crippen LogP contribution in [0, 0.1) is 0 Å². The van der Waals surface area contributed by atoms with Crippen LogP contribution < -0.4 is 9.47 Å². The molecule has 0 saturated heterocycles. The predicted octanol–water partition coefficient (Wildman–Crippen LogP) is 3.24. The summed E-state index contributed by atoms with van der Waals surface area (Å²) >= 11 is 0. The summed E-state index contributed by atoms with van der Waals surface area (Å²) in [6, 6.07) is 10.5. The highest BCUT2D eigenvalue weighted by Gasteiger charge is 2.52. The molecule has 4 aliphatic rings. The van der Waals surface area contributed by atoms with Crippen molar-refractivity contribution in [2.45, 2.75) is 61.2 Å². The van der Waals surface area contributed by atoms with Gasteiger partial charge in [0.05, 0.1) is 24.2 Å². The van der Waals surface area contributed by atoms with E-state index in [4.69, 9.17) is 9.47 Å². The van der Waals surface area contributed by atoms with E-state index >= 15 is 0 Å². The number of methoxy groups -OCH3 is 1. The predicted molar refractivity (Wildman–Crippen MR) is 137 cm³/mol. The molecule has 196 valence electrons. The van der Waals surface area contributed by atoms with Gasteiger partial charge in [-0.3, -0.25) is 9.69 Å². The van der Waals surface area contributed by atoms with Crippen LogP contribution in [-0.2, 0) is 22.0 Å². The lowest BCUT2D eigenvalue weighted by Gasteiger charge is -2.36. The Bertz CT molecular complexity index is 1370. The van der Waals surface area contributed by atoms with Crippen LogP contribution in [0.2, 0.25) is 0 Å². The molecule has 8 nitrogen and oxygen atoms in total. The first-order chi connectivity index (χ1) is 17.8. The summed E-state index contributed by atoms with van der Waals surface area (Å²) in [6.07, 6.45) is 7.27. The minimum atomic E-state index is -3.74. The molecule has 6 rings (SSSR count). The highest BCUT2D eigenvalue weighted by molar-refractivity contribution is 7.90. The molecule has 0 saturated carbocycles. The second kappa shape index (κ2) is 9.15. The fourth-order valence-corrected chi connectivity index (χ4v) is 8.01. The molecule has 1 aliphatic carbocycles. The quantitative estimate of drug-likeness (QED) is 0.439. The van der Waals surface area contributed by atoms with Gasteiger partial charge in [-0.25, -0.2) is 12.7 Å². The Hall–Kier alpha value is -2.88. The fourth-order valence-electron chi connectivity index (χ4n) is 6.41. The van der Waals surface area contributed by atoms with E-state index in [-0.39, 0.29) is 28.5 Å². The van der Waals surface area contributed by atoms with Gasteiger partial charge in [-0.1, -0.05) is 36.8 Å². The largest absolute Gasteiger partial charge is 0.493 e. The number of carbonyl (C=O) groups is 1. The summed E-state index contributed by atoms with van der Waals surface area (Å²) < 4.78 is 38.5. The number of sulfonamides is 1. The van der Waals surface area contributed by atoms with E-state index < -0.39 is 22.0 Å². The van der Waals surface area contributed by atoms with Crippen molar-refractivity contribution in [2.24, 2.45) is 0 Å². The van der Waals surface area contributed by atoms with Crippen molar-refractivity contribution >= 4 is 15.9 Å². The van der Waals surface area contributed by atoms with Crippen molar-refractivity contribution in [3.8, 4) is 11.5 Å². The Labute approximate surface area is 217 Å². The molecule has 1 N–H and O–H groups in total. The molecular formula is C28H32N2O6S. The van der Waals surface area contributed by atoms with Crippen LogP contribution in [0.15, 0.2) is 53.4 Å². The summed E-state index contributed by atoms with van der Waals surface area (Å²) in [7, 11) is -2.08. The average Bonchev–Trinajstić information content (AvgIpc) is 3.24. The van der Waals surface area contributed by atoms with Crippen LogP contribution >= 0.6 is 0 Å². The molecule has 0 radical (unpaired) electrons. The summed E-state index contributed by atoms with van der Waals surface area (Å²) in [5, 5.41) is 10.3. The third-order valence-corrected chi connectivity index (χ3v) is 10.1. The maximum atomic E-state index is 12.8. The highest BCUT2D eigenvalue weighted by atomic mass is 32.2. The number of aliphatic hydroxyl groups is 1. The topological polar surface area (TPSA) is 96.4 Å². The first-order valence-corrected chi connectivity index (χ1v) is 14.4. The Morgan fingerprint density at radius 2 is 1.95 bits per heavy atom. The summed E-state index contributed by atoms with van der Waals surface area (Å²) in [6.45, 7) is 2.78. The smallest absolute Gasteiger partial charge is 0.269 e. The van der Waals surface area contributed by atoms with Crippen LogP contribution in [0.25, 0.3) is 0 Å². The molecule has 0 unspecified atom stereocenters. The lowest BCUT2D eigenvalue weighted by molar-refractivity contribution is 0.0807. The molecule has 3 aliphatic heterocycles. The number of carbonyl (C=O) groups excluding carboxylic acids is 1. The molecule has 1 spiro atoms. The molecule has 9 heteroatoms. The van der Waals surface area contributed by atoms with Crippen LogP contribution in [0.4, 0.5) is 0 Å². The number of nitrogens with zero attached hydrogens (tertiary/aromatic N) is 2. The fraction of sp³-hybridized carbons (Fsp3) is 0.464. The summed E-state index contributed by atoms with van der Waals surface area (Å²) in [5.41, 5.74) is 2.43. The SMILES string of the molecule is COc1ccc2c3c1O[C@H]1C[C@@H](O)C=C[C@@]31CCN(CCCCCN1C(=O)c3ccccc3S1(=O)=O)C2. The van der Waals surface area contributed by atoms with Gasteiger partial charge in [0.2, 0.25) is 0 Å². The first-order valence-electron chi connectivity index (χ1n) is 13.0. The van der Waals surface area contributed by atoms with Crippen molar-refractivity contribution in [3.63, 3.8) is 0 Å². The van der Waals surface area contributed by atoms with Gasteiger partial charge in [-0.15, -0.1) is 0 Å². The molecule has 0 aromatic heterocycles. The molecule has 3 atom stereocenters. The van der Waals surface area contributed by atoms with Gasteiger partial charge in [0.15, 0.2) is 11.5 Å². The number of hydrogen-bond acceptors (Lipinski definition) is 7. The Kier molecular flexibility index (Phi) is 6.05. The van der Waals surface area contributed by atoms with E-state index in [9.17, 15) is 18.3 Å². The van der Waals surface area contributed by atoms with E-state index in [0.29, 0.717) is 12.8 Å². The van der Waals surface area contributed by atoms with Crippen molar-refractivity contribution in [1.29, 1.82) is 0 Å².